The van der Waals surface area contributed by atoms with Crippen LogP contribution in [0.25, 0.3) is 0 Å². The van der Waals surface area contributed by atoms with E-state index < -0.39 is 15.4 Å². The number of hydrogen-bond donors (Lipinski definition) is 1. The lowest BCUT2D eigenvalue weighted by molar-refractivity contribution is 0.0376. The van der Waals surface area contributed by atoms with Gasteiger partial charge in [0.05, 0.1) is 10.5 Å². The van der Waals surface area contributed by atoms with Crippen LogP contribution in [-0.4, -0.2) is 31.1 Å². The van der Waals surface area contributed by atoms with E-state index in [4.69, 9.17) is 0 Å². The van der Waals surface area contributed by atoms with Gasteiger partial charge in [-0.3, -0.25) is 0 Å². The van der Waals surface area contributed by atoms with Gasteiger partial charge in [0.2, 0.25) is 0 Å². The molecule has 1 aromatic carbocycles. The molecule has 0 saturated carbocycles. The SMILES string of the molecule is CC(C)C(C)(O)CSc1ccc(S(C)(=O)=O)cc1. The molecule has 102 valence electrons. The number of hydrogen-bond acceptors (Lipinski definition) is 4. The van der Waals surface area contributed by atoms with Crippen LogP contribution in [0.5, 0.6) is 0 Å². The lowest BCUT2D eigenvalue weighted by Gasteiger charge is -2.27. The Morgan fingerprint density at radius 2 is 1.78 bits per heavy atom. The summed E-state index contributed by atoms with van der Waals surface area (Å²) in [7, 11) is -3.14. The first-order chi connectivity index (χ1) is 8.13. The zero-order valence-electron chi connectivity index (χ0n) is 11.2. The molecule has 0 aromatic heterocycles. The second-order valence-corrected chi connectivity index (χ2v) is 8.11. The minimum Gasteiger partial charge on any atom is -0.389 e. The summed E-state index contributed by atoms with van der Waals surface area (Å²) in [5.74, 6) is 0.767. The monoisotopic (exact) mass is 288 g/mol. The molecule has 0 fully saturated rings. The zero-order valence-corrected chi connectivity index (χ0v) is 12.8. The van der Waals surface area contributed by atoms with Gasteiger partial charge in [-0.15, -0.1) is 11.8 Å². The van der Waals surface area contributed by atoms with Crippen molar-refractivity contribution in [3.8, 4) is 0 Å². The van der Waals surface area contributed by atoms with Crippen molar-refractivity contribution >= 4 is 21.6 Å². The molecule has 1 N–H and O–H groups in total. The van der Waals surface area contributed by atoms with Gasteiger partial charge in [-0.1, -0.05) is 13.8 Å². The lowest BCUT2D eigenvalue weighted by atomic mass is 9.95. The average Bonchev–Trinajstić information content (AvgIpc) is 2.25. The molecule has 18 heavy (non-hydrogen) atoms. The summed E-state index contributed by atoms with van der Waals surface area (Å²) >= 11 is 1.53. The third-order valence-corrected chi connectivity index (χ3v) is 5.49. The Morgan fingerprint density at radius 1 is 1.28 bits per heavy atom. The maximum absolute atomic E-state index is 11.3. The number of sulfone groups is 1. The Kier molecular flexibility index (Phi) is 4.86. The number of thioether (sulfide) groups is 1. The Morgan fingerprint density at radius 3 is 2.17 bits per heavy atom. The molecule has 0 radical (unpaired) electrons. The zero-order chi connectivity index (χ0) is 14.0. The van der Waals surface area contributed by atoms with Crippen LogP contribution in [0.1, 0.15) is 20.8 Å². The van der Waals surface area contributed by atoms with Gasteiger partial charge in [-0.05, 0) is 37.1 Å². The number of benzene rings is 1. The highest BCUT2D eigenvalue weighted by atomic mass is 32.2. The fourth-order valence-corrected chi connectivity index (χ4v) is 2.93. The van der Waals surface area contributed by atoms with Crippen molar-refractivity contribution in [1.29, 1.82) is 0 Å². The first-order valence-corrected chi connectivity index (χ1v) is 8.66. The molecule has 0 heterocycles. The van der Waals surface area contributed by atoms with Crippen LogP contribution < -0.4 is 0 Å². The Bertz CT molecular complexity index is 487. The van der Waals surface area contributed by atoms with Crippen LogP contribution in [0.4, 0.5) is 0 Å². The molecule has 0 aliphatic heterocycles. The predicted octanol–water partition coefficient (Wildman–Crippen LogP) is 2.59. The van der Waals surface area contributed by atoms with Gasteiger partial charge in [0.1, 0.15) is 0 Å². The van der Waals surface area contributed by atoms with Crippen molar-refractivity contribution in [1.82, 2.24) is 0 Å². The van der Waals surface area contributed by atoms with Gasteiger partial charge in [-0.25, -0.2) is 8.42 Å². The predicted molar refractivity (Wildman–Crippen MR) is 75.7 cm³/mol. The largest absolute Gasteiger partial charge is 0.389 e. The third-order valence-electron chi connectivity index (χ3n) is 3.03. The van der Waals surface area contributed by atoms with Crippen LogP contribution in [0.3, 0.4) is 0 Å². The van der Waals surface area contributed by atoms with Crippen LogP contribution in [0.15, 0.2) is 34.1 Å². The molecule has 1 aromatic rings. The molecule has 0 amide bonds. The second-order valence-electron chi connectivity index (χ2n) is 5.04. The Labute approximate surface area is 114 Å². The van der Waals surface area contributed by atoms with Crippen LogP contribution in [0, 0.1) is 5.92 Å². The summed E-state index contributed by atoms with van der Waals surface area (Å²) in [5.41, 5.74) is -0.722. The van der Waals surface area contributed by atoms with E-state index >= 15 is 0 Å². The fraction of sp³-hybridized carbons (Fsp3) is 0.538. The summed E-state index contributed by atoms with van der Waals surface area (Å²) < 4.78 is 22.6. The highest BCUT2D eigenvalue weighted by Gasteiger charge is 2.24. The smallest absolute Gasteiger partial charge is 0.175 e. The molecule has 0 spiro atoms. The minimum absolute atomic E-state index is 0.181. The van der Waals surface area contributed by atoms with Crippen molar-refractivity contribution in [2.45, 2.75) is 36.2 Å². The van der Waals surface area contributed by atoms with Crippen molar-refractivity contribution in [3.05, 3.63) is 24.3 Å². The summed E-state index contributed by atoms with van der Waals surface area (Å²) in [6.07, 6.45) is 1.19. The molecule has 5 heteroatoms. The van der Waals surface area contributed by atoms with Gasteiger partial charge in [0, 0.05) is 16.9 Å². The quantitative estimate of drug-likeness (QED) is 0.846. The van der Waals surface area contributed by atoms with E-state index in [0.29, 0.717) is 10.6 Å². The average molecular weight is 288 g/mol. The topological polar surface area (TPSA) is 54.4 Å². The van der Waals surface area contributed by atoms with Crippen LogP contribution in [0.2, 0.25) is 0 Å². The highest BCUT2D eigenvalue weighted by molar-refractivity contribution is 7.99. The van der Waals surface area contributed by atoms with Crippen molar-refractivity contribution in [3.63, 3.8) is 0 Å². The van der Waals surface area contributed by atoms with E-state index in [1.165, 1.54) is 18.0 Å². The molecule has 3 nitrogen and oxygen atoms in total. The molecule has 1 rings (SSSR count). The van der Waals surface area contributed by atoms with Crippen molar-refractivity contribution < 1.29 is 13.5 Å². The summed E-state index contributed by atoms with van der Waals surface area (Å²) in [6.45, 7) is 5.77. The van der Waals surface area contributed by atoms with E-state index in [0.717, 1.165) is 4.90 Å². The molecule has 0 aliphatic rings. The fourth-order valence-electron chi connectivity index (χ4n) is 1.18. The molecule has 1 atom stereocenters. The van der Waals surface area contributed by atoms with Gasteiger partial charge >= 0.3 is 0 Å². The van der Waals surface area contributed by atoms with Crippen molar-refractivity contribution in [2.24, 2.45) is 5.92 Å². The number of rotatable bonds is 5. The standard InChI is InChI=1S/C13H20O3S2/c1-10(2)13(3,14)9-17-11-5-7-12(8-6-11)18(4,15)16/h5-8,10,14H,9H2,1-4H3. The van der Waals surface area contributed by atoms with E-state index in [-0.39, 0.29) is 5.92 Å². The van der Waals surface area contributed by atoms with Crippen LogP contribution >= 0.6 is 11.8 Å². The Balaban J connectivity index is 2.71. The summed E-state index contributed by atoms with van der Waals surface area (Å²) in [6, 6.07) is 6.75. The molecular formula is C13H20O3S2. The second kappa shape index (κ2) is 5.63. The van der Waals surface area contributed by atoms with Gasteiger partial charge in [-0.2, -0.15) is 0 Å². The van der Waals surface area contributed by atoms with Crippen molar-refractivity contribution in [2.75, 3.05) is 12.0 Å². The maximum atomic E-state index is 11.3. The van der Waals surface area contributed by atoms with E-state index in [9.17, 15) is 13.5 Å². The van der Waals surface area contributed by atoms with Crippen LogP contribution in [-0.2, 0) is 9.84 Å². The van der Waals surface area contributed by atoms with Gasteiger partial charge in [0.25, 0.3) is 0 Å². The Hall–Kier alpha value is -0.520. The van der Waals surface area contributed by atoms with E-state index in [1.54, 1.807) is 24.3 Å². The molecule has 0 saturated heterocycles. The first-order valence-electron chi connectivity index (χ1n) is 5.78. The molecule has 0 bridgehead atoms. The molecular weight excluding hydrogens is 268 g/mol. The van der Waals surface area contributed by atoms with Gasteiger partial charge in [0.15, 0.2) is 9.84 Å². The van der Waals surface area contributed by atoms with E-state index in [2.05, 4.69) is 0 Å². The molecule has 0 aliphatic carbocycles. The number of aliphatic hydroxyl groups is 1. The summed E-state index contributed by atoms with van der Waals surface area (Å²) in [4.78, 5) is 1.28. The maximum Gasteiger partial charge on any atom is 0.175 e. The minimum atomic E-state index is -3.14. The highest BCUT2D eigenvalue weighted by Crippen LogP contribution is 2.27. The summed E-state index contributed by atoms with van der Waals surface area (Å²) in [5, 5.41) is 10.1. The normalized spacial score (nSPS) is 15.7. The van der Waals surface area contributed by atoms with Gasteiger partial charge < -0.3 is 5.11 Å². The molecule has 1 unspecified atom stereocenters. The van der Waals surface area contributed by atoms with E-state index in [1.807, 2.05) is 20.8 Å². The lowest BCUT2D eigenvalue weighted by Crippen LogP contribution is -2.33. The third kappa shape index (κ3) is 4.30. The first kappa shape index (κ1) is 15.5.